The molecule has 0 bridgehead atoms. The van der Waals surface area contributed by atoms with Gasteiger partial charge in [-0.1, -0.05) is 70.6 Å². The van der Waals surface area contributed by atoms with Gasteiger partial charge >= 0.3 is 5.97 Å². The van der Waals surface area contributed by atoms with E-state index < -0.39 is 5.97 Å². The molecular formula is C43H62N4O5. The zero-order valence-corrected chi connectivity index (χ0v) is 30.9. The number of carbonyl (C=O) groups excluding carboxylic acids is 1. The van der Waals surface area contributed by atoms with E-state index in [2.05, 4.69) is 74.1 Å². The summed E-state index contributed by atoms with van der Waals surface area (Å²) < 4.78 is 5.93. The molecule has 1 saturated carbocycles. The summed E-state index contributed by atoms with van der Waals surface area (Å²) in [6.07, 6.45) is 19.3. The zero-order chi connectivity index (χ0) is 38.2. The number of ether oxygens (including phenoxy) is 1. The molecule has 0 saturated heterocycles. The van der Waals surface area contributed by atoms with Crippen LogP contribution in [0.25, 0.3) is 5.57 Å². The molecule has 4 rings (SSSR count). The first kappa shape index (κ1) is 46.7. The Bertz CT molecular complexity index is 1550. The van der Waals surface area contributed by atoms with Gasteiger partial charge in [-0.3, -0.25) is 9.59 Å². The first-order chi connectivity index (χ1) is 24.5. The van der Waals surface area contributed by atoms with Crippen LogP contribution in [0.1, 0.15) is 97.6 Å². The number of hydrogen-bond donors (Lipinski definition) is 4. The topological polar surface area (TPSA) is 151 Å². The van der Waals surface area contributed by atoms with Gasteiger partial charge in [0.25, 0.3) is 0 Å². The normalized spacial score (nSPS) is 14.9. The molecule has 2 aliphatic rings. The molecule has 2 aromatic carbocycles. The largest absolute Gasteiger partial charge is 0.508 e. The predicted octanol–water partition coefficient (Wildman–Crippen LogP) is 9.62. The van der Waals surface area contributed by atoms with E-state index in [1.165, 1.54) is 67.1 Å². The van der Waals surface area contributed by atoms with Crippen molar-refractivity contribution < 1.29 is 24.5 Å². The molecular weight excluding hydrogens is 652 g/mol. The van der Waals surface area contributed by atoms with Crippen LogP contribution < -0.4 is 16.2 Å². The Morgan fingerprint density at radius 2 is 1.67 bits per heavy atom. The molecule has 1 aliphatic heterocycles. The summed E-state index contributed by atoms with van der Waals surface area (Å²) in [7, 11) is 0. The smallest absolute Gasteiger partial charge is 0.303 e. The number of amidine groups is 1. The van der Waals surface area contributed by atoms with E-state index in [0.717, 1.165) is 24.6 Å². The molecule has 52 heavy (non-hydrogen) atoms. The van der Waals surface area contributed by atoms with Crippen LogP contribution >= 0.6 is 0 Å². The molecule has 9 heteroatoms. The summed E-state index contributed by atoms with van der Waals surface area (Å²) in [5, 5.41) is 17.8. The van der Waals surface area contributed by atoms with Crippen molar-refractivity contribution in [3.63, 3.8) is 0 Å². The van der Waals surface area contributed by atoms with Gasteiger partial charge in [-0.25, -0.2) is 4.99 Å². The van der Waals surface area contributed by atoms with Crippen LogP contribution in [0.4, 0.5) is 5.69 Å². The molecule has 0 atom stereocenters. The van der Waals surface area contributed by atoms with Crippen molar-refractivity contribution in [3.8, 4) is 11.5 Å². The predicted molar refractivity (Wildman–Crippen MR) is 219 cm³/mol. The van der Waals surface area contributed by atoms with Gasteiger partial charge in [0.05, 0.1) is 12.2 Å². The van der Waals surface area contributed by atoms with E-state index in [4.69, 9.17) is 26.3 Å². The summed E-state index contributed by atoms with van der Waals surface area (Å²) in [6.45, 7) is 19.4. The zero-order valence-electron chi connectivity index (χ0n) is 30.9. The highest BCUT2D eigenvalue weighted by Crippen LogP contribution is 2.30. The van der Waals surface area contributed by atoms with Gasteiger partial charge in [0, 0.05) is 29.3 Å². The summed E-state index contributed by atoms with van der Waals surface area (Å²) in [5.74, 6) is 0.869. The average molecular weight is 715 g/mol. The highest BCUT2D eigenvalue weighted by atomic mass is 16.5. The van der Waals surface area contributed by atoms with E-state index in [9.17, 15) is 14.7 Å². The molecule has 284 valence electrons. The monoisotopic (exact) mass is 714 g/mol. The standard InChI is InChI=1S/C24H32N2O.C11H13NO3.C5H9NO.C2H4.CH4/c1-4-10-19(5-2)18-27-23-15-13-20(14-16-23)24-25-21(6-3)17-26(24)22-11-8-7-9-12-22;1-7(2-5-11(14)15)9-6-8(13)3-4-10(9)12;1-2-3-4-5(6)7;1-2;/h4-6,10,13-16,22H,7-9,11-12,17-18H2,1-3H3;3-4,6,13H,1-2,5,12H2,(H,14,15);3-4H,2H2,1H3,(H2,6,7);1-2H2;1H4/b10-4-,19-5+,21-6+;;4-3+;;. The molecule has 1 heterocycles. The van der Waals surface area contributed by atoms with Gasteiger partial charge in [0.2, 0.25) is 5.91 Å². The number of carboxylic acids is 1. The van der Waals surface area contributed by atoms with Crippen LogP contribution in [0.3, 0.4) is 0 Å². The van der Waals surface area contributed by atoms with E-state index >= 15 is 0 Å². The Balaban J connectivity index is 0.000000877. The van der Waals surface area contributed by atoms with Crippen molar-refractivity contribution in [1.29, 1.82) is 0 Å². The summed E-state index contributed by atoms with van der Waals surface area (Å²) in [5.41, 5.74) is 15.7. The first-order valence-corrected chi connectivity index (χ1v) is 17.5. The molecule has 1 fully saturated rings. The lowest BCUT2D eigenvalue weighted by Gasteiger charge is -2.33. The Morgan fingerprint density at radius 3 is 2.19 bits per heavy atom. The minimum absolute atomic E-state index is 0. The maximum atomic E-state index is 10.4. The SMILES string of the molecule is C.C/C=C\C(=C/C)COc1ccc(C2=N/C(=C/C)CN2C2CCCCC2)cc1.C=C.C=C(CCC(=O)O)c1cc(O)ccc1N.CC/C=C/C(N)=O. The Morgan fingerprint density at radius 1 is 1.02 bits per heavy atom. The highest BCUT2D eigenvalue weighted by Gasteiger charge is 2.29. The number of primary amides is 1. The van der Waals surface area contributed by atoms with E-state index in [1.807, 2.05) is 26.8 Å². The number of anilines is 1. The molecule has 0 spiro atoms. The minimum Gasteiger partial charge on any atom is -0.508 e. The number of nitrogens with two attached hydrogens (primary N) is 2. The quantitative estimate of drug-likeness (QED) is 0.0562. The molecule has 0 radical (unpaired) electrons. The number of aromatic hydroxyl groups is 1. The van der Waals surface area contributed by atoms with Crippen LogP contribution in [0.15, 0.2) is 115 Å². The molecule has 1 amide bonds. The van der Waals surface area contributed by atoms with Crippen molar-refractivity contribution in [2.24, 2.45) is 10.7 Å². The number of aliphatic carboxylic acids is 1. The number of benzene rings is 2. The number of hydrogen-bond acceptors (Lipinski definition) is 7. The number of allylic oxidation sites excluding steroid dienone is 5. The number of rotatable bonds is 12. The first-order valence-electron chi connectivity index (χ1n) is 17.5. The third-order valence-electron chi connectivity index (χ3n) is 8.05. The van der Waals surface area contributed by atoms with Gasteiger partial charge in [-0.2, -0.15) is 0 Å². The fourth-order valence-corrected chi connectivity index (χ4v) is 5.35. The van der Waals surface area contributed by atoms with E-state index in [0.29, 0.717) is 35.9 Å². The van der Waals surface area contributed by atoms with Gasteiger partial charge < -0.3 is 31.3 Å². The number of phenolic OH excluding ortho intramolecular Hbond substituents is 1. The Labute approximate surface area is 312 Å². The average Bonchev–Trinajstić information content (AvgIpc) is 3.59. The molecule has 0 aromatic heterocycles. The highest BCUT2D eigenvalue weighted by molar-refractivity contribution is 6.01. The van der Waals surface area contributed by atoms with Crippen molar-refractivity contribution >= 4 is 29.0 Å². The fourth-order valence-electron chi connectivity index (χ4n) is 5.35. The summed E-state index contributed by atoms with van der Waals surface area (Å²) in [6, 6.07) is 13.6. The maximum Gasteiger partial charge on any atom is 0.303 e. The minimum atomic E-state index is -0.880. The van der Waals surface area contributed by atoms with Crippen LogP contribution in [0.5, 0.6) is 11.5 Å². The number of nitrogen functional groups attached to an aromatic ring is 1. The maximum absolute atomic E-state index is 10.4. The third kappa shape index (κ3) is 17.1. The van der Waals surface area contributed by atoms with Crippen molar-refractivity contribution in [1.82, 2.24) is 4.90 Å². The van der Waals surface area contributed by atoms with Gasteiger partial charge in [-0.15, -0.1) is 13.2 Å². The lowest BCUT2D eigenvalue weighted by atomic mass is 9.93. The fraction of sp³-hybridized carbons (Fsp3) is 0.372. The molecule has 9 nitrogen and oxygen atoms in total. The lowest BCUT2D eigenvalue weighted by molar-refractivity contribution is -0.136. The summed E-state index contributed by atoms with van der Waals surface area (Å²) >= 11 is 0. The van der Waals surface area contributed by atoms with Crippen LogP contribution in [0, 0.1) is 0 Å². The van der Waals surface area contributed by atoms with Crippen LogP contribution in [0.2, 0.25) is 0 Å². The number of phenols is 1. The second-order valence-corrected chi connectivity index (χ2v) is 11.8. The molecule has 0 unspecified atom stereocenters. The van der Waals surface area contributed by atoms with E-state index in [1.54, 1.807) is 12.1 Å². The number of nitrogens with zero attached hydrogens (tertiary/aromatic N) is 2. The molecule has 2 aromatic rings. The Hall–Kier alpha value is -5.31. The summed E-state index contributed by atoms with van der Waals surface area (Å²) in [4.78, 5) is 27.7. The van der Waals surface area contributed by atoms with Crippen molar-refractivity contribution in [2.45, 2.75) is 92.5 Å². The van der Waals surface area contributed by atoms with Gasteiger partial charge in [0.15, 0.2) is 0 Å². The number of aliphatic imine (C=N–C) groups is 1. The van der Waals surface area contributed by atoms with Gasteiger partial charge in [-0.05, 0) is 106 Å². The third-order valence-corrected chi connectivity index (χ3v) is 8.05. The lowest BCUT2D eigenvalue weighted by Crippen LogP contribution is -2.39. The number of carbonyl (C=O) groups is 2. The van der Waals surface area contributed by atoms with Crippen molar-refractivity contribution in [2.75, 3.05) is 18.9 Å². The molecule has 1 aliphatic carbocycles. The number of amides is 1. The molecule has 6 N–H and O–H groups in total. The Kier molecular flexibility index (Phi) is 23.8. The second kappa shape index (κ2) is 26.5. The van der Waals surface area contributed by atoms with Crippen LogP contribution in [-0.2, 0) is 9.59 Å². The van der Waals surface area contributed by atoms with Crippen molar-refractivity contribution in [3.05, 3.63) is 121 Å². The van der Waals surface area contributed by atoms with Crippen LogP contribution in [-0.4, -0.2) is 52.0 Å². The second-order valence-electron chi connectivity index (χ2n) is 11.8. The van der Waals surface area contributed by atoms with Gasteiger partial charge in [0.1, 0.15) is 23.9 Å². The number of carboxylic acid groups (broad SMARTS) is 1. The van der Waals surface area contributed by atoms with E-state index in [-0.39, 0.29) is 25.5 Å².